The molecule has 1 atom stereocenters. The van der Waals surface area contributed by atoms with Crippen molar-refractivity contribution in [1.29, 1.82) is 5.41 Å². The summed E-state index contributed by atoms with van der Waals surface area (Å²) in [5, 5.41) is 18.5. The lowest BCUT2D eigenvalue weighted by Gasteiger charge is -2.18. The Morgan fingerprint density at radius 3 is 2.71 bits per heavy atom. The molecule has 0 aliphatic heterocycles. The fraction of sp³-hybridized carbons (Fsp3) is 0.714. The van der Waals surface area contributed by atoms with E-state index in [1.165, 1.54) is 4.90 Å². The fourth-order valence-corrected chi connectivity index (χ4v) is 1.04. The summed E-state index contributed by atoms with van der Waals surface area (Å²) in [6.45, 7) is 0.945. The Morgan fingerprint density at radius 2 is 2.36 bits per heavy atom. The number of likely N-dealkylation sites (N-methyl/N-ethyl adjacent to an activating group) is 1. The first kappa shape index (κ1) is 13.1. The minimum absolute atomic E-state index is 0.0375. The molecule has 0 radical (unpaired) electrons. The summed E-state index contributed by atoms with van der Waals surface area (Å²) in [5.41, 5.74) is 5.20. The quantitative estimate of drug-likeness (QED) is 0.219. The third-order valence-corrected chi connectivity index (χ3v) is 2.10. The Labute approximate surface area is 88.4 Å². The molecule has 1 unspecified atom stereocenters. The molecule has 82 valence electrons. The monoisotopic (exact) mass is 220 g/mol. The molecule has 0 saturated carbocycles. The van der Waals surface area contributed by atoms with Crippen molar-refractivity contribution < 1.29 is 9.90 Å². The maximum absolute atomic E-state index is 10.5. The van der Waals surface area contributed by atoms with E-state index >= 15 is 0 Å². The molecular weight excluding hydrogens is 204 g/mol. The van der Waals surface area contributed by atoms with E-state index in [1.54, 1.807) is 7.05 Å². The van der Waals surface area contributed by atoms with Gasteiger partial charge in [-0.3, -0.25) is 10.2 Å². The van der Waals surface area contributed by atoms with E-state index in [0.29, 0.717) is 13.1 Å². The molecule has 0 amide bonds. The van der Waals surface area contributed by atoms with Crippen molar-refractivity contribution in [3.05, 3.63) is 0 Å². The third-order valence-electron chi connectivity index (χ3n) is 1.73. The van der Waals surface area contributed by atoms with Crippen LogP contribution >= 0.6 is 12.6 Å². The van der Waals surface area contributed by atoms with Crippen LogP contribution in [0.5, 0.6) is 0 Å². The number of carbonyl (C=O) groups is 1. The van der Waals surface area contributed by atoms with E-state index < -0.39 is 12.0 Å². The van der Waals surface area contributed by atoms with Gasteiger partial charge in [0.15, 0.2) is 5.96 Å². The van der Waals surface area contributed by atoms with Gasteiger partial charge in [-0.1, -0.05) is 0 Å². The van der Waals surface area contributed by atoms with Gasteiger partial charge >= 0.3 is 5.97 Å². The molecule has 0 bridgehead atoms. The topological polar surface area (TPSA) is 102 Å². The van der Waals surface area contributed by atoms with Gasteiger partial charge in [0.2, 0.25) is 0 Å². The summed E-state index contributed by atoms with van der Waals surface area (Å²) in [5.74, 6) is -0.728. The van der Waals surface area contributed by atoms with Gasteiger partial charge in [0, 0.05) is 25.9 Å². The van der Waals surface area contributed by atoms with Gasteiger partial charge < -0.3 is 21.1 Å². The molecule has 0 rings (SSSR count). The Hall–Kier alpha value is -0.950. The van der Waals surface area contributed by atoms with Crippen molar-refractivity contribution in [2.24, 2.45) is 5.73 Å². The Morgan fingerprint density at radius 1 is 1.79 bits per heavy atom. The fourth-order valence-electron chi connectivity index (χ4n) is 0.757. The van der Waals surface area contributed by atoms with Crippen molar-refractivity contribution in [3.8, 4) is 0 Å². The molecule has 7 heteroatoms. The molecule has 0 aromatic rings. The number of hydrogen-bond donors (Lipinski definition) is 5. The number of carboxylic acids is 1. The highest BCUT2D eigenvalue weighted by Crippen LogP contribution is 1.88. The number of aliphatic carboxylic acids is 1. The predicted octanol–water partition coefficient (Wildman–Crippen LogP) is -1.22. The SMILES string of the molecule is CN(CCNC(CS)C(=O)O)C(=N)N. The van der Waals surface area contributed by atoms with Crippen molar-refractivity contribution in [2.45, 2.75) is 6.04 Å². The zero-order valence-electron chi connectivity index (χ0n) is 8.03. The van der Waals surface area contributed by atoms with Gasteiger partial charge in [-0.05, 0) is 0 Å². The van der Waals surface area contributed by atoms with Crippen molar-refractivity contribution in [1.82, 2.24) is 10.2 Å². The maximum atomic E-state index is 10.5. The van der Waals surface area contributed by atoms with Crippen LogP contribution < -0.4 is 11.1 Å². The summed E-state index contributed by atoms with van der Waals surface area (Å²) in [6, 6.07) is -0.654. The molecule has 0 saturated heterocycles. The first-order chi connectivity index (χ1) is 6.49. The van der Waals surface area contributed by atoms with Gasteiger partial charge in [0.05, 0.1) is 0 Å². The number of nitrogens with zero attached hydrogens (tertiary/aromatic N) is 1. The highest BCUT2D eigenvalue weighted by atomic mass is 32.1. The molecule has 0 aromatic heterocycles. The summed E-state index contributed by atoms with van der Waals surface area (Å²) in [4.78, 5) is 12.1. The zero-order valence-corrected chi connectivity index (χ0v) is 8.92. The molecule has 5 N–H and O–H groups in total. The average Bonchev–Trinajstić information content (AvgIpc) is 2.11. The van der Waals surface area contributed by atoms with E-state index in [4.69, 9.17) is 16.2 Å². The molecule has 0 fully saturated rings. The van der Waals surface area contributed by atoms with Gasteiger partial charge in [-0.25, -0.2) is 0 Å². The molecule has 0 aliphatic carbocycles. The van der Waals surface area contributed by atoms with Crippen LogP contribution in [0.4, 0.5) is 0 Å². The van der Waals surface area contributed by atoms with Gasteiger partial charge in [-0.2, -0.15) is 12.6 Å². The minimum Gasteiger partial charge on any atom is -0.480 e. The second-order valence-electron chi connectivity index (χ2n) is 2.83. The Bertz CT molecular complexity index is 212. The van der Waals surface area contributed by atoms with Crippen molar-refractivity contribution in [2.75, 3.05) is 25.9 Å². The van der Waals surface area contributed by atoms with Crippen LogP contribution in [0.25, 0.3) is 0 Å². The standard InChI is InChI=1S/C7H16N4O2S/c1-11(7(8)9)3-2-10-5(4-14)6(12)13/h5,10,14H,2-4H2,1H3,(H3,8,9)(H,12,13). The number of nitrogens with two attached hydrogens (primary N) is 1. The largest absolute Gasteiger partial charge is 0.480 e. The second kappa shape index (κ2) is 6.50. The number of nitrogens with one attached hydrogen (secondary N) is 2. The van der Waals surface area contributed by atoms with E-state index in [0.717, 1.165) is 0 Å². The van der Waals surface area contributed by atoms with Crippen LogP contribution in [-0.4, -0.2) is 53.9 Å². The molecule has 14 heavy (non-hydrogen) atoms. The van der Waals surface area contributed by atoms with E-state index in [9.17, 15) is 4.79 Å². The first-order valence-corrected chi connectivity index (χ1v) is 4.74. The van der Waals surface area contributed by atoms with Crippen LogP contribution in [0.3, 0.4) is 0 Å². The van der Waals surface area contributed by atoms with Crippen molar-refractivity contribution >= 4 is 24.6 Å². The second-order valence-corrected chi connectivity index (χ2v) is 3.20. The number of carboxylic acid groups (broad SMARTS) is 1. The minimum atomic E-state index is -0.925. The average molecular weight is 220 g/mol. The first-order valence-electron chi connectivity index (χ1n) is 4.11. The smallest absolute Gasteiger partial charge is 0.321 e. The van der Waals surface area contributed by atoms with Crippen LogP contribution in [0.15, 0.2) is 0 Å². The molecule has 0 aromatic carbocycles. The van der Waals surface area contributed by atoms with Crippen LogP contribution in [0.1, 0.15) is 0 Å². The van der Waals surface area contributed by atoms with Crippen molar-refractivity contribution in [3.63, 3.8) is 0 Å². The Balaban J connectivity index is 3.71. The number of hydrogen-bond acceptors (Lipinski definition) is 4. The van der Waals surface area contributed by atoms with Gasteiger partial charge in [0.1, 0.15) is 6.04 Å². The normalized spacial score (nSPS) is 12.1. The zero-order chi connectivity index (χ0) is 11.1. The summed E-state index contributed by atoms with van der Waals surface area (Å²) in [7, 11) is 1.67. The number of guanidine groups is 1. The lowest BCUT2D eigenvalue weighted by Crippen LogP contribution is -2.44. The summed E-state index contributed by atoms with van der Waals surface area (Å²) < 4.78 is 0. The van der Waals surface area contributed by atoms with E-state index in [2.05, 4.69) is 17.9 Å². The van der Waals surface area contributed by atoms with Crippen LogP contribution in [0, 0.1) is 5.41 Å². The third kappa shape index (κ3) is 4.93. The number of thiol groups is 1. The highest BCUT2D eigenvalue weighted by Gasteiger charge is 2.13. The molecule has 0 spiro atoms. The number of rotatable bonds is 6. The highest BCUT2D eigenvalue weighted by molar-refractivity contribution is 7.80. The van der Waals surface area contributed by atoms with Gasteiger partial charge in [0.25, 0.3) is 0 Å². The van der Waals surface area contributed by atoms with Crippen LogP contribution in [0.2, 0.25) is 0 Å². The Kier molecular flexibility index (Phi) is 6.06. The lowest BCUT2D eigenvalue weighted by molar-refractivity contribution is -0.138. The molecule has 0 heterocycles. The lowest BCUT2D eigenvalue weighted by atomic mass is 10.3. The molecule has 0 aliphatic rings. The summed E-state index contributed by atoms with van der Waals surface area (Å²) >= 11 is 3.90. The molecule has 6 nitrogen and oxygen atoms in total. The van der Waals surface area contributed by atoms with Gasteiger partial charge in [-0.15, -0.1) is 0 Å². The van der Waals surface area contributed by atoms with Crippen LogP contribution in [-0.2, 0) is 4.79 Å². The van der Waals surface area contributed by atoms with E-state index in [1.807, 2.05) is 0 Å². The van der Waals surface area contributed by atoms with E-state index in [-0.39, 0.29) is 11.7 Å². The predicted molar refractivity (Wildman–Crippen MR) is 57.8 cm³/mol. The molecular formula is C7H16N4O2S. The maximum Gasteiger partial charge on any atom is 0.321 e. The summed E-state index contributed by atoms with van der Waals surface area (Å²) in [6.07, 6.45) is 0.